The minimum absolute atomic E-state index is 0.913. The molecule has 8 heteroatoms. The Labute approximate surface area is 166 Å². The topological polar surface area (TPSA) is 125 Å². The van der Waals surface area contributed by atoms with Crippen molar-refractivity contribution in [1.29, 1.82) is 0 Å². The van der Waals surface area contributed by atoms with E-state index in [9.17, 15) is 0 Å². The predicted octanol–water partition coefficient (Wildman–Crippen LogP) is -0.498. The number of H-pyrrole nitrogens is 1. The van der Waals surface area contributed by atoms with Crippen LogP contribution in [0.3, 0.4) is 0 Å². The normalized spacial score (nSPS) is 11.1. The number of nitrogens with zero attached hydrogens (tertiary/aromatic N) is 2. The third kappa shape index (κ3) is 6.70. The summed E-state index contributed by atoms with van der Waals surface area (Å²) in [6.45, 7) is 4.45. The van der Waals surface area contributed by atoms with Gasteiger partial charge >= 0.3 is 5.95 Å². The Morgan fingerprint density at radius 3 is 1.86 bits per heavy atom. The standard InChI is InChI=1S/C20H24N3.ClHO4/c1-3-8-18-14-17(16-10-6-5-7-11-16)15-19(9-4-2)23(18)20-21-12-13-22-20;2-1(3,4)5/h5-7,10-15H,3-4,8-9H2,1-2H3,(H,21,22);(H,2,3,4,5)/q+1;/p-1. The fourth-order valence-corrected chi connectivity index (χ4v) is 3.04. The van der Waals surface area contributed by atoms with Gasteiger partial charge in [-0.05, 0) is 36.1 Å². The van der Waals surface area contributed by atoms with Crippen LogP contribution >= 0.6 is 0 Å². The summed E-state index contributed by atoms with van der Waals surface area (Å²) in [5.74, 6) is 0.913. The first-order valence-electron chi connectivity index (χ1n) is 9.08. The van der Waals surface area contributed by atoms with Gasteiger partial charge < -0.3 is 0 Å². The van der Waals surface area contributed by atoms with Crippen molar-refractivity contribution in [2.45, 2.75) is 39.5 Å². The van der Waals surface area contributed by atoms with E-state index in [0.717, 1.165) is 31.6 Å². The average molecular weight is 406 g/mol. The molecule has 0 saturated heterocycles. The average Bonchev–Trinajstić information content (AvgIpc) is 3.15. The van der Waals surface area contributed by atoms with Crippen molar-refractivity contribution in [3.63, 3.8) is 0 Å². The largest absolute Gasteiger partial charge is 0.401 e. The van der Waals surface area contributed by atoms with Crippen LogP contribution in [0.1, 0.15) is 38.1 Å². The number of pyridine rings is 1. The van der Waals surface area contributed by atoms with Crippen LogP contribution in [0.4, 0.5) is 0 Å². The van der Waals surface area contributed by atoms with Gasteiger partial charge in [0.25, 0.3) is 0 Å². The number of imidazole rings is 1. The van der Waals surface area contributed by atoms with Crippen LogP contribution in [0.15, 0.2) is 54.9 Å². The van der Waals surface area contributed by atoms with Crippen molar-refractivity contribution < 1.29 is 33.4 Å². The summed E-state index contributed by atoms with van der Waals surface area (Å²) in [5, 5.41) is 0. The summed E-state index contributed by atoms with van der Waals surface area (Å²) in [7, 11) is -4.94. The molecule has 3 aromatic rings. The maximum atomic E-state index is 8.49. The fourth-order valence-electron chi connectivity index (χ4n) is 3.04. The SMILES string of the molecule is CCCc1cc(-c2ccccc2)cc(CCC)[n+]1-c1ncc[nH]1.[O-][Cl+3]([O-])([O-])[O-]. The highest BCUT2D eigenvalue weighted by molar-refractivity contribution is 5.63. The zero-order valence-corrected chi connectivity index (χ0v) is 16.7. The second-order valence-electron chi connectivity index (χ2n) is 6.22. The Morgan fingerprint density at radius 2 is 1.43 bits per heavy atom. The summed E-state index contributed by atoms with van der Waals surface area (Å²) >= 11 is 0. The van der Waals surface area contributed by atoms with Gasteiger partial charge in [0.05, 0.1) is 17.6 Å². The third-order valence-corrected chi connectivity index (χ3v) is 4.03. The van der Waals surface area contributed by atoms with Crippen molar-refractivity contribution in [3.8, 4) is 17.1 Å². The first-order chi connectivity index (χ1) is 13.3. The second-order valence-corrected chi connectivity index (χ2v) is 6.97. The number of aryl methyl sites for hydroxylation is 2. The Morgan fingerprint density at radius 1 is 0.893 bits per heavy atom. The molecule has 0 saturated carbocycles. The summed E-state index contributed by atoms with van der Waals surface area (Å²) in [6.07, 6.45) is 8.02. The van der Waals surface area contributed by atoms with Gasteiger partial charge in [-0.25, -0.2) is 28.2 Å². The molecule has 0 aliphatic rings. The van der Waals surface area contributed by atoms with Crippen LogP contribution in [-0.2, 0) is 12.8 Å². The molecule has 3 rings (SSSR count). The van der Waals surface area contributed by atoms with E-state index in [1.165, 1.54) is 22.5 Å². The molecule has 0 aliphatic heterocycles. The summed E-state index contributed by atoms with van der Waals surface area (Å²) < 4.78 is 36.3. The molecule has 0 fully saturated rings. The fraction of sp³-hybridized carbons (Fsp3) is 0.300. The highest BCUT2D eigenvalue weighted by atomic mass is 35.7. The number of aromatic nitrogens is 3. The minimum atomic E-state index is -4.94. The molecular weight excluding hydrogens is 382 g/mol. The van der Waals surface area contributed by atoms with Gasteiger partial charge in [0, 0.05) is 12.8 Å². The van der Waals surface area contributed by atoms with E-state index < -0.39 is 10.2 Å². The van der Waals surface area contributed by atoms with E-state index in [0.29, 0.717) is 0 Å². The van der Waals surface area contributed by atoms with E-state index >= 15 is 0 Å². The Kier molecular flexibility index (Phi) is 8.10. The van der Waals surface area contributed by atoms with Gasteiger partial charge in [-0.2, -0.15) is 0 Å². The Bertz CT molecular complexity index is 817. The highest BCUT2D eigenvalue weighted by Crippen LogP contribution is 2.22. The molecule has 1 N–H and O–H groups in total. The molecule has 2 heterocycles. The number of halogens is 1. The molecule has 2 aromatic heterocycles. The molecule has 7 nitrogen and oxygen atoms in total. The molecule has 0 atom stereocenters. The van der Waals surface area contributed by atoms with E-state index in [-0.39, 0.29) is 0 Å². The zero-order valence-electron chi connectivity index (χ0n) is 15.9. The number of rotatable bonds is 6. The molecule has 0 aliphatic carbocycles. The molecule has 0 unspecified atom stereocenters. The van der Waals surface area contributed by atoms with Gasteiger partial charge in [0.1, 0.15) is 6.20 Å². The number of aromatic amines is 1. The molecule has 1 aromatic carbocycles. The van der Waals surface area contributed by atoms with E-state index in [1.807, 2.05) is 12.4 Å². The van der Waals surface area contributed by atoms with Crippen LogP contribution in [0.2, 0.25) is 0 Å². The second kappa shape index (κ2) is 10.3. The maximum absolute atomic E-state index is 8.49. The number of hydrogen-bond acceptors (Lipinski definition) is 5. The van der Waals surface area contributed by atoms with E-state index in [2.05, 4.69) is 70.8 Å². The van der Waals surface area contributed by atoms with Crippen LogP contribution in [0.25, 0.3) is 17.1 Å². The van der Waals surface area contributed by atoms with Crippen molar-refractivity contribution in [2.75, 3.05) is 0 Å². The van der Waals surface area contributed by atoms with E-state index in [4.69, 9.17) is 18.6 Å². The lowest BCUT2D eigenvalue weighted by atomic mass is 10.0. The van der Waals surface area contributed by atoms with Gasteiger partial charge in [0.15, 0.2) is 0 Å². The van der Waals surface area contributed by atoms with Crippen molar-refractivity contribution >= 4 is 0 Å². The predicted molar refractivity (Wildman–Crippen MR) is 93.5 cm³/mol. The van der Waals surface area contributed by atoms with Crippen LogP contribution in [0, 0.1) is 10.2 Å². The zero-order chi connectivity index (χ0) is 20.6. The molecule has 0 radical (unpaired) electrons. The Hall–Kier alpha value is -2.29. The van der Waals surface area contributed by atoms with Crippen molar-refractivity contribution in [2.24, 2.45) is 0 Å². The van der Waals surface area contributed by atoms with Crippen LogP contribution in [0.5, 0.6) is 0 Å². The molecule has 0 bridgehead atoms. The lowest BCUT2D eigenvalue weighted by Crippen LogP contribution is -2.68. The lowest BCUT2D eigenvalue weighted by Gasteiger charge is -2.17. The Balaban J connectivity index is 0.000000500. The van der Waals surface area contributed by atoms with Crippen LogP contribution in [-0.4, -0.2) is 9.97 Å². The lowest BCUT2D eigenvalue weighted by molar-refractivity contribution is -2.00. The summed E-state index contributed by atoms with van der Waals surface area (Å²) in [4.78, 5) is 7.74. The first kappa shape index (κ1) is 22.0. The number of hydrogen-bond donors (Lipinski definition) is 1. The monoisotopic (exact) mass is 405 g/mol. The molecule has 150 valence electrons. The number of nitrogens with one attached hydrogen (secondary N) is 1. The van der Waals surface area contributed by atoms with E-state index in [1.54, 1.807) is 0 Å². The van der Waals surface area contributed by atoms with Gasteiger partial charge in [-0.1, -0.05) is 49.2 Å². The third-order valence-electron chi connectivity index (χ3n) is 4.03. The smallest absolute Gasteiger partial charge is 0.245 e. The van der Waals surface area contributed by atoms with Gasteiger partial charge in [-0.15, -0.1) is 10.2 Å². The first-order valence-corrected chi connectivity index (χ1v) is 10.3. The number of benzene rings is 1. The quantitative estimate of drug-likeness (QED) is 0.553. The molecule has 0 amide bonds. The van der Waals surface area contributed by atoms with Crippen molar-refractivity contribution in [3.05, 3.63) is 66.2 Å². The molecule has 0 spiro atoms. The summed E-state index contributed by atoms with van der Waals surface area (Å²) in [5.41, 5.74) is 5.19. The summed E-state index contributed by atoms with van der Waals surface area (Å²) in [6, 6.07) is 15.2. The van der Waals surface area contributed by atoms with Gasteiger partial charge in [0.2, 0.25) is 0 Å². The minimum Gasteiger partial charge on any atom is -0.245 e. The molecular formula is C20H24ClN3O4. The molecule has 28 heavy (non-hydrogen) atoms. The van der Waals surface area contributed by atoms with Crippen molar-refractivity contribution in [1.82, 2.24) is 9.97 Å². The maximum Gasteiger partial charge on any atom is 0.401 e. The highest BCUT2D eigenvalue weighted by Gasteiger charge is 2.18. The van der Waals surface area contributed by atoms with Gasteiger partial charge in [-0.3, -0.25) is 0 Å². The van der Waals surface area contributed by atoms with Crippen LogP contribution < -0.4 is 23.2 Å².